The van der Waals surface area contributed by atoms with E-state index in [1.807, 2.05) is 32.6 Å². The number of carbonyl (C=O) groups excluding carboxylic acids is 1. The van der Waals surface area contributed by atoms with E-state index in [0.29, 0.717) is 32.6 Å². The molecule has 0 aliphatic heterocycles. The van der Waals surface area contributed by atoms with Crippen molar-refractivity contribution in [2.45, 2.75) is 46.6 Å². The van der Waals surface area contributed by atoms with Gasteiger partial charge in [-0.15, -0.1) is 0 Å². The van der Waals surface area contributed by atoms with Gasteiger partial charge in [0, 0.05) is 25.6 Å². The summed E-state index contributed by atoms with van der Waals surface area (Å²) in [7, 11) is 0. The number of hydrogen-bond acceptors (Lipinski definition) is 3. The molecule has 5 nitrogen and oxygen atoms in total. The predicted octanol–water partition coefficient (Wildman–Crippen LogP) is 1.99. The molecule has 0 aliphatic carbocycles. The maximum absolute atomic E-state index is 12.2. The van der Waals surface area contributed by atoms with E-state index < -0.39 is 5.97 Å². The largest absolute Gasteiger partial charge is 0.481 e. The lowest BCUT2D eigenvalue weighted by atomic mass is 10.2. The van der Waals surface area contributed by atoms with Crippen LogP contribution in [-0.2, 0) is 9.59 Å². The second kappa shape index (κ2) is 9.53. The molecule has 0 heterocycles. The molecule has 0 aliphatic rings. The first-order valence-electron chi connectivity index (χ1n) is 7.15. The summed E-state index contributed by atoms with van der Waals surface area (Å²) in [6, 6.07) is 0.219. The van der Waals surface area contributed by atoms with Crippen LogP contribution in [0.5, 0.6) is 0 Å². The van der Waals surface area contributed by atoms with Gasteiger partial charge in [0.05, 0.1) is 6.54 Å². The summed E-state index contributed by atoms with van der Waals surface area (Å²) in [6.07, 6.45) is 0.702. The molecule has 0 fully saturated rings. The van der Waals surface area contributed by atoms with Gasteiger partial charge in [0.25, 0.3) is 0 Å². The van der Waals surface area contributed by atoms with E-state index in [9.17, 15) is 9.59 Å². The van der Waals surface area contributed by atoms with Crippen LogP contribution in [0.2, 0.25) is 0 Å². The first kappa shape index (κ1) is 18.6. The van der Waals surface area contributed by atoms with Gasteiger partial charge in [0.2, 0.25) is 5.91 Å². The topological polar surface area (TPSA) is 60.9 Å². The molecule has 0 saturated carbocycles. The molecule has 0 aromatic carbocycles. The zero-order chi connectivity index (χ0) is 15.7. The van der Waals surface area contributed by atoms with E-state index in [-0.39, 0.29) is 18.4 Å². The van der Waals surface area contributed by atoms with Crippen molar-refractivity contribution in [2.75, 3.05) is 26.2 Å². The summed E-state index contributed by atoms with van der Waals surface area (Å²) in [5.41, 5.74) is 0.960. The summed E-state index contributed by atoms with van der Waals surface area (Å²) in [6.45, 7) is 13.9. The van der Waals surface area contributed by atoms with Crippen molar-refractivity contribution in [3.05, 3.63) is 12.2 Å². The molecule has 5 heteroatoms. The highest BCUT2D eigenvalue weighted by molar-refractivity contribution is 5.78. The Morgan fingerprint density at radius 1 is 1.25 bits per heavy atom. The Morgan fingerprint density at radius 3 is 2.25 bits per heavy atom. The molecule has 0 spiro atoms. The first-order valence-corrected chi connectivity index (χ1v) is 7.15. The summed E-state index contributed by atoms with van der Waals surface area (Å²) in [5.74, 6) is -0.725. The van der Waals surface area contributed by atoms with Gasteiger partial charge in [-0.1, -0.05) is 12.2 Å². The van der Waals surface area contributed by atoms with Crippen LogP contribution in [-0.4, -0.2) is 59.0 Å². The van der Waals surface area contributed by atoms with E-state index in [1.165, 1.54) is 0 Å². The van der Waals surface area contributed by atoms with Gasteiger partial charge in [-0.05, 0) is 40.7 Å². The lowest BCUT2D eigenvalue weighted by Crippen LogP contribution is -2.43. The lowest BCUT2D eigenvalue weighted by molar-refractivity contribution is -0.137. The van der Waals surface area contributed by atoms with Gasteiger partial charge in [0.15, 0.2) is 0 Å². The molecule has 1 N–H and O–H groups in total. The van der Waals surface area contributed by atoms with E-state index in [2.05, 4.69) is 6.58 Å². The first-order chi connectivity index (χ1) is 9.27. The number of nitrogens with zero attached hydrogens (tertiary/aromatic N) is 2. The Balaban J connectivity index is 4.44. The van der Waals surface area contributed by atoms with Gasteiger partial charge in [-0.3, -0.25) is 14.5 Å². The van der Waals surface area contributed by atoms with Crippen molar-refractivity contribution in [1.29, 1.82) is 0 Å². The number of hydrogen-bond donors (Lipinski definition) is 1. The van der Waals surface area contributed by atoms with Crippen molar-refractivity contribution in [1.82, 2.24) is 9.80 Å². The van der Waals surface area contributed by atoms with Crippen molar-refractivity contribution < 1.29 is 14.7 Å². The predicted molar refractivity (Wildman–Crippen MR) is 80.6 cm³/mol. The maximum atomic E-state index is 12.2. The normalized spacial score (nSPS) is 10.9. The van der Waals surface area contributed by atoms with Crippen molar-refractivity contribution in [2.24, 2.45) is 0 Å². The van der Waals surface area contributed by atoms with Crippen LogP contribution in [0, 0.1) is 0 Å². The number of likely N-dealkylation sites (N-methyl/N-ethyl adjacent to an activating group) is 1. The number of carboxylic acid groups (broad SMARTS) is 1. The van der Waals surface area contributed by atoms with E-state index in [0.717, 1.165) is 5.57 Å². The van der Waals surface area contributed by atoms with Crippen molar-refractivity contribution >= 4 is 11.9 Å². The minimum Gasteiger partial charge on any atom is -0.481 e. The molecule has 0 bridgehead atoms. The fraction of sp³-hybridized carbons (Fsp3) is 0.733. The molecule has 0 aromatic heterocycles. The average molecular weight is 284 g/mol. The molecule has 20 heavy (non-hydrogen) atoms. The van der Waals surface area contributed by atoms with Crippen LogP contribution in [0.3, 0.4) is 0 Å². The second-order valence-electron chi connectivity index (χ2n) is 5.43. The fourth-order valence-corrected chi connectivity index (χ4v) is 1.93. The van der Waals surface area contributed by atoms with Crippen LogP contribution >= 0.6 is 0 Å². The average Bonchev–Trinajstić information content (AvgIpc) is 2.33. The Labute approximate surface area is 122 Å². The zero-order valence-corrected chi connectivity index (χ0v) is 13.2. The third kappa shape index (κ3) is 7.94. The van der Waals surface area contributed by atoms with Gasteiger partial charge < -0.3 is 10.0 Å². The highest BCUT2D eigenvalue weighted by Crippen LogP contribution is 2.05. The van der Waals surface area contributed by atoms with Gasteiger partial charge in [-0.25, -0.2) is 0 Å². The molecule has 0 rings (SSSR count). The Hall–Kier alpha value is -1.36. The Bertz CT molecular complexity index is 340. The number of carbonyl (C=O) groups is 2. The third-order valence-electron chi connectivity index (χ3n) is 3.10. The van der Waals surface area contributed by atoms with E-state index in [4.69, 9.17) is 5.11 Å². The van der Waals surface area contributed by atoms with E-state index >= 15 is 0 Å². The summed E-state index contributed by atoms with van der Waals surface area (Å²) >= 11 is 0. The number of amides is 1. The molecular weight excluding hydrogens is 256 g/mol. The lowest BCUT2D eigenvalue weighted by Gasteiger charge is -2.29. The van der Waals surface area contributed by atoms with Crippen LogP contribution in [0.1, 0.15) is 40.5 Å². The number of aliphatic carboxylic acids is 1. The molecule has 0 unspecified atom stereocenters. The fourth-order valence-electron chi connectivity index (χ4n) is 1.93. The monoisotopic (exact) mass is 284 g/mol. The molecule has 0 atom stereocenters. The minimum atomic E-state index is -0.794. The van der Waals surface area contributed by atoms with Gasteiger partial charge in [0.1, 0.15) is 0 Å². The quantitative estimate of drug-likeness (QED) is 0.623. The SMILES string of the molecule is C=C(C)CN(CC)C(=O)CN(CCCC(=O)O)C(C)C. The van der Waals surface area contributed by atoms with Crippen LogP contribution in [0.15, 0.2) is 12.2 Å². The third-order valence-corrected chi connectivity index (χ3v) is 3.10. The molecular formula is C15H28N2O3. The smallest absolute Gasteiger partial charge is 0.303 e. The summed E-state index contributed by atoms with van der Waals surface area (Å²) in [4.78, 5) is 26.6. The Kier molecular flexibility index (Phi) is 8.88. The molecule has 116 valence electrons. The molecule has 1 amide bonds. The maximum Gasteiger partial charge on any atom is 0.303 e. The zero-order valence-electron chi connectivity index (χ0n) is 13.2. The second-order valence-corrected chi connectivity index (χ2v) is 5.43. The highest BCUT2D eigenvalue weighted by Gasteiger charge is 2.18. The van der Waals surface area contributed by atoms with E-state index in [1.54, 1.807) is 4.90 Å². The van der Waals surface area contributed by atoms with Crippen LogP contribution < -0.4 is 0 Å². The van der Waals surface area contributed by atoms with Crippen LogP contribution in [0.4, 0.5) is 0 Å². The molecule has 0 saturated heterocycles. The van der Waals surface area contributed by atoms with Gasteiger partial charge >= 0.3 is 5.97 Å². The minimum absolute atomic E-state index is 0.0690. The summed E-state index contributed by atoms with van der Waals surface area (Å²) in [5, 5.41) is 8.67. The highest BCUT2D eigenvalue weighted by atomic mass is 16.4. The summed E-state index contributed by atoms with van der Waals surface area (Å²) < 4.78 is 0. The van der Waals surface area contributed by atoms with Gasteiger partial charge in [-0.2, -0.15) is 0 Å². The Morgan fingerprint density at radius 2 is 1.85 bits per heavy atom. The standard InChI is InChI=1S/C15H28N2O3/c1-6-16(10-12(2)3)14(18)11-17(13(4)5)9-7-8-15(19)20/h13H,2,6-11H2,1,3-5H3,(H,19,20). The molecule has 0 aromatic rings. The van der Waals surface area contributed by atoms with Crippen LogP contribution in [0.25, 0.3) is 0 Å². The van der Waals surface area contributed by atoms with Crippen molar-refractivity contribution in [3.63, 3.8) is 0 Å². The number of carboxylic acids is 1. The number of rotatable bonds is 10. The van der Waals surface area contributed by atoms with Crippen molar-refractivity contribution in [3.8, 4) is 0 Å². The molecule has 0 radical (unpaired) electrons.